The molecule has 1 aliphatic heterocycles. The molecule has 3 aromatic rings. The zero-order valence-corrected chi connectivity index (χ0v) is 19.0. The number of fused-ring (bicyclic) bond motifs is 1. The van der Waals surface area contributed by atoms with Crippen LogP contribution in [-0.4, -0.2) is 63.3 Å². The number of rotatable bonds is 5. The van der Waals surface area contributed by atoms with E-state index >= 15 is 0 Å². The maximum atomic E-state index is 12.6. The Morgan fingerprint density at radius 3 is 2.47 bits per heavy atom. The first kappa shape index (κ1) is 22.3. The van der Waals surface area contributed by atoms with Gasteiger partial charge in [-0.2, -0.15) is 0 Å². The van der Waals surface area contributed by atoms with Crippen molar-refractivity contribution in [3.8, 4) is 17.1 Å². The van der Waals surface area contributed by atoms with E-state index in [0.29, 0.717) is 49.0 Å². The van der Waals surface area contributed by atoms with Gasteiger partial charge in [-0.05, 0) is 36.6 Å². The van der Waals surface area contributed by atoms with E-state index in [1.165, 1.54) is 0 Å². The van der Waals surface area contributed by atoms with Crippen LogP contribution in [0.5, 0.6) is 5.75 Å². The molecule has 1 saturated heterocycles. The van der Waals surface area contributed by atoms with Crippen LogP contribution < -0.4 is 4.90 Å². The van der Waals surface area contributed by atoms with Gasteiger partial charge in [-0.3, -0.25) is 4.79 Å². The van der Waals surface area contributed by atoms with Crippen molar-refractivity contribution in [1.82, 2.24) is 14.9 Å². The molecular weight excluding hydrogens is 428 g/mol. The number of aromatic hydroxyl groups is 1. The highest BCUT2D eigenvalue weighted by Gasteiger charge is 2.28. The van der Waals surface area contributed by atoms with Crippen molar-refractivity contribution in [2.24, 2.45) is 5.92 Å². The number of carbonyl (C=O) groups is 1. The lowest BCUT2D eigenvalue weighted by Gasteiger charge is -2.37. The van der Waals surface area contributed by atoms with Crippen LogP contribution in [0.3, 0.4) is 0 Å². The minimum absolute atomic E-state index is 0.0216. The van der Waals surface area contributed by atoms with Crippen molar-refractivity contribution >= 4 is 34.2 Å². The summed E-state index contributed by atoms with van der Waals surface area (Å²) >= 11 is 6.35. The highest BCUT2D eigenvalue weighted by Crippen LogP contribution is 2.36. The first-order valence-electron chi connectivity index (χ1n) is 10.8. The summed E-state index contributed by atoms with van der Waals surface area (Å²) in [5.41, 5.74) is 1.14. The van der Waals surface area contributed by atoms with Crippen LogP contribution in [0.25, 0.3) is 22.3 Å². The summed E-state index contributed by atoms with van der Waals surface area (Å²) in [5, 5.41) is 21.9. The second kappa shape index (κ2) is 9.30. The molecule has 1 atom stereocenters. The van der Waals surface area contributed by atoms with Crippen LogP contribution in [-0.2, 0) is 4.79 Å². The number of piperazine rings is 1. The van der Waals surface area contributed by atoms with Crippen molar-refractivity contribution < 1.29 is 15.0 Å². The molecule has 2 N–H and O–H groups in total. The number of halogens is 1. The van der Waals surface area contributed by atoms with Gasteiger partial charge in [0.1, 0.15) is 17.7 Å². The molecule has 0 radical (unpaired) electrons. The zero-order chi connectivity index (χ0) is 22.8. The molecule has 1 aliphatic rings. The van der Waals surface area contributed by atoms with Gasteiger partial charge in [-0.1, -0.05) is 43.6 Å². The predicted octanol–water partition coefficient (Wildman–Crippen LogP) is 3.71. The minimum Gasteiger partial charge on any atom is -0.507 e. The molecule has 0 unspecified atom stereocenters. The van der Waals surface area contributed by atoms with E-state index in [9.17, 15) is 15.0 Å². The summed E-state index contributed by atoms with van der Waals surface area (Å²) in [6, 6.07) is 12.6. The number of amides is 1. The van der Waals surface area contributed by atoms with Gasteiger partial charge in [0.15, 0.2) is 5.82 Å². The average Bonchev–Trinajstić information content (AvgIpc) is 2.77. The number of hydrogen-bond donors (Lipinski definition) is 2. The van der Waals surface area contributed by atoms with Crippen LogP contribution in [0.2, 0.25) is 5.02 Å². The number of anilines is 1. The van der Waals surface area contributed by atoms with E-state index < -0.39 is 6.10 Å². The predicted molar refractivity (Wildman–Crippen MR) is 126 cm³/mol. The van der Waals surface area contributed by atoms with Gasteiger partial charge in [0.05, 0.1) is 16.1 Å². The molecule has 1 fully saturated rings. The van der Waals surface area contributed by atoms with E-state index in [1.54, 1.807) is 23.1 Å². The third-order valence-electron chi connectivity index (χ3n) is 5.67. The van der Waals surface area contributed by atoms with E-state index in [-0.39, 0.29) is 17.6 Å². The number of benzene rings is 2. The van der Waals surface area contributed by atoms with Crippen LogP contribution >= 0.6 is 11.6 Å². The van der Waals surface area contributed by atoms with Crippen molar-refractivity contribution in [1.29, 1.82) is 0 Å². The van der Waals surface area contributed by atoms with E-state index in [2.05, 4.69) is 9.88 Å². The van der Waals surface area contributed by atoms with Crippen LogP contribution in [0.1, 0.15) is 20.3 Å². The molecule has 4 rings (SSSR count). The number of carbonyl (C=O) groups excluding carboxylic acids is 1. The molecule has 0 bridgehead atoms. The van der Waals surface area contributed by atoms with Crippen molar-refractivity contribution in [3.05, 3.63) is 47.5 Å². The van der Waals surface area contributed by atoms with Crippen LogP contribution in [0.4, 0.5) is 5.82 Å². The third kappa shape index (κ3) is 4.49. The molecule has 0 saturated carbocycles. The molecule has 1 amide bonds. The number of hydrogen-bond acceptors (Lipinski definition) is 6. The number of para-hydroxylation sites is 1. The Kier molecular flexibility index (Phi) is 6.48. The Bertz CT molecular complexity index is 1110. The Balaban J connectivity index is 1.63. The van der Waals surface area contributed by atoms with Gasteiger partial charge in [-0.25, -0.2) is 9.97 Å². The lowest BCUT2D eigenvalue weighted by atomic mass is 10.0. The smallest absolute Gasteiger partial charge is 0.251 e. The average molecular weight is 455 g/mol. The number of nitrogens with zero attached hydrogens (tertiary/aromatic N) is 4. The number of phenols is 1. The van der Waals surface area contributed by atoms with Gasteiger partial charge in [-0.15, -0.1) is 0 Å². The fourth-order valence-corrected chi connectivity index (χ4v) is 4.30. The van der Waals surface area contributed by atoms with Gasteiger partial charge < -0.3 is 20.0 Å². The van der Waals surface area contributed by atoms with Crippen LogP contribution in [0.15, 0.2) is 42.5 Å². The normalized spacial score (nSPS) is 15.4. The topological polar surface area (TPSA) is 89.8 Å². The van der Waals surface area contributed by atoms with E-state index in [0.717, 1.165) is 16.7 Å². The van der Waals surface area contributed by atoms with Gasteiger partial charge >= 0.3 is 0 Å². The lowest BCUT2D eigenvalue weighted by Crippen LogP contribution is -2.52. The van der Waals surface area contributed by atoms with Crippen LogP contribution in [0, 0.1) is 5.92 Å². The fourth-order valence-electron chi connectivity index (χ4n) is 4.04. The second-order valence-electron chi connectivity index (χ2n) is 8.48. The molecule has 8 heteroatoms. The Labute approximate surface area is 192 Å². The SMILES string of the molecule is CC(C)C[C@@H](O)C(=O)N1CCN(c2nc(-c3c(O)cccc3Cl)nc3ccccc23)CC1. The molecule has 168 valence electrons. The lowest BCUT2D eigenvalue weighted by molar-refractivity contribution is -0.141. The molecule has 32 heavy (non-hydrogen) atoms. The van der Waals surface area contributed by atoms with E-state index in [4.69, 9.17) is 16.6 Å². The second-order valence-corrected chi connectivity index (χ2v) is 8.89. The number of aromatic nitrogens is 2. The fraction of sp³-hybridized carbons (Fsp3) is 0.375. The van der Waals surface area contributed by atoms with Crippen molar-refractivity contribution in [2.75, 3.05) is 31.1 Å². The minimum atomic E-state index is -0.962. The highest BCUT2D eigenvalue weighted by atomic mass is 35.5. The largest absolute Gasteiger partial charge is 0.507 e. The monoisotopic (exact) mass is 454 g/mol. The molecular formula is C24H27ClN4O3. The van der Waals surface area contributed by atoms with Crippen molar-refractivity contribution in [3.63, 3.8) is 0 Å². The number of phenolic OH excluding ortho intramolecular Hbond substituents is 1. The Morgan fingerprint density at radius 1 is 1.06 bits per heavy atom. The van der Waals surface area contributed by atoms with Crippen molar-refractivity contribution in [2.45, 2.75) is 26.4 Å². The van der Waals surface area contributed by atoms with Gasteiger partial charge in [0, 0.05) is 31.6 Å². The summed E-state index contributed by atoms with van der Waals surface area (Å²) in [6.45, 7) is 6.13. The van der Waals surface area contributed by atoms with E-state index in [1.807, 2.05) is 38.1 Å². The summed E-state index contributed by atoms with van der Waals surface area (Å²) in [4.78, 5) is 25.8. The molecule has 0 aliphatic carbocycles. The third-order valence-corrected chi connectivity index (χ3v) is 5.98. The Hall–Kier alpha value is -2.90. The molecule has 1 aromatic heterocycles. The summed E-state index contributed by atoms with van der Waals surface area (Å²) in [6.07, 6.45) is -0.503. The first-order valence-corrected chi connectivity index (χ1v) is 11.2. The molecule has 2 heterocycles. The zero-order valence-electron chi connectivity index (χ0n) is 18.2. The maximum Gasteiger partial charge on any atom is 0.251 e. The summed E-state index contributed by atoms with van der Waals surface area (Å²) < 4.78 is 0. The Morgan fingerprint density at radius 2 is 1.78 bits per heavy atom. The molecule has 7 nitrogen and oxygen atoms in total. The maximum absolute atomic E-state index is 12.6. The number of aliphatic hydroxyl groups excluding tert-OH is 1. The van der Waals surface area contributed by atoms with Gasteiger partial charge in [0.2, 0.25) is 0 Å². The quantitative estimate of drug-likeness (QED) is 0.610. The highest BCUT2D eigenvalue weighted by molar-refractivity contribution is 6.33. The first-order chi connectivity index (χ1) is 15.3. The molecule has 2 aromatic carbocycles. The molecule has 0 spiro atoms. The number of aliphatic hydroxyl groups is 1. The summed E-state index contributed by atoms with van der Waals surface area (Å²) in [5.74, 6) is 1.15. The standard InChI is InChI=1S/C24H27ClN4O3/c1-15(2)14-20(31)24(32)29-12-10-28(11-13-29)23-16-6-3-4-8-18(16)26-22(27-23)21-17(25)7-5-9-19(21)30/h3-9,15,20,30-31H,10-14H2,1-2H3/t20-/m1/s1. The van der Waals surface area contributed by atoms with Gasteiger partial charge in [0.25, 0.3) is 5.91 Å². The summed E-state index contributed by atoms with van der Waals surface area (Å²) in [7, 11) is 0.